The van der Waals surface area contributed by atoms with Crippen molar-refractivity contribution < 1.29 is 13.9 Å². The van der Waals surface area contributed by atoms with E-state index in [9.17, 15) is 4.39 Å². The van der Waals surface area contributed by atoms with Crippen LogP contribution in [0.25, 0.3) is 10.1 Å². The standard InChI is InChI=1S/C16H20FNO2S/c1-2-18-8-15-12(10-20-11-6-7-19-9-11)16-13(17)4-3-5-14(16)21-15/h3-5,11,18H,2,6-10H2,1H3. The van der Waals surface area contributed by atoms with E-state index in [1.54, 1.807) is 17.4 Å². The lowest BCUT2D eigenvalue weighted by molar-refractivity contribution is 0.0320. The molecule has 1 N–H and O–H groups in total. The molecule has 1 aliphatic heterocycles. The van der Waals surface area contributed by atoms with Gasteiger partial charge >= 0.3 is 0 Å². The van der Waals surface area contributed by atoms with Gasteiger partial charge in [0.15, 0.2) is 0 Å². The minimum Gasteiger partial charge on any atom is -0.379 e. The van der Waals surface area contributed by atoms with Crippen LogP contribution in [0.3, 0.4) is 0 Å². The first kappa shape index (κ1) is 14.9. The second-order valence-electron chi connectivity index (χ2n) is 5.19. The van der Waals surface area contributed by atoms with Gasteiger partial charge in [0.05, 0.1) is 19.3 Å². The number of benzene rings is 1. The molecule has 114 valence electrons. The highest BCUT2D eigenvalue weighted by Crippen LogP contribution is 2.34. The molecule has 1 saturated heterocycles. The van der Waals surface area contributed by atoms with Crippen molar-refractivity contribution in [1.29, 1.82) is 0 Å². The van der Waals surface area contributed by atoms with Gasteiger partial charge in [-0.15, -0.1) is 11.3 Å². The first-order valence-corrected chi connectivity index (χ1v) is 8.20. The van der Waals surface area contributed by atoms with Crippen LogP contribution in [0.5, 0.6) is 0 Å². The molecule has 0 amide bonds. The molecule has 1 unspecified atom stereocenters. The van der Waals surface area contributed by atoms with Crippen molar-refractivity contribution in [3.63, 3.8) is 0 Å². The molecule has 2 heterocycles. The van der Waals surface area contributed by atoms with E-state index < -0.39 is 0 Å². The van der Waals surface area contributed by atoms with Gasteiger partial charge in [-0.25, -0.2) is 4.39 Å². The lowest BCUT2D eigenvalue weighted by Gasteiger charge is -2.11. The fourth-order valence-corrected chi connectivity index (χ4v) is 3.79. The van der Waals surface area contributed by atoms with Gasteiger partial charge in [0.2, 0.25) is 0 Å². The Bertz CT molecular complexity index is 608. The first-order valence-electron chi connectivity index (χ1n) is 7.38. The lowest BCUT2D eigenvalue weighted by Crippen LogP contribution is -2.15. The Kier molecular flexibility index (Phi) is 4.85. The summed E-state index contributed by atoms with van der Waals surface area (Å²) in [6, 6.07) is 5.26. The Morgan fingerprint density at radius 1 is 1.48 bits per heavy atom. The monoisotopic (exact) mass is 309 g/mol. The average Bonchev–Trinajstić information content (AvgIpc) is 3.10. The topological polar surface area (TPSA) is 30.5 Å². The molecule has 1 fully saturated rings. The largest absolute Gasteiger partial charge is 0.379 e. The second kappa shape index (κ2) is 6.83. The number of thiophene rings is 1. The molecule has 3 rings (SSSR count). The molecule has 5 heteroatoms. The van der Waals surface area contributed by atoms with Crippen molar-refractivity contribution in [2.24, 2.45) is 0 Å². The van der Waals surface area contributed by atoms with E-state index in [0.29, 0.717) is 18.6 Å². The maximum Gasteiger partial charge on any atom is 0.132 e. The molecule has 21 heavy (non-hydrogen) atoms. The minimum atomic E-state index is -0.159. The van der Waals surface area contributed by atoms with Gasteiger partial charge in [-0.2, -0.15) is 0 Å². The summed E-state index contributed by atoms with van der Waals surface area (Å²) < 4.78 is 26.4. The number of nitrogens with one attached hydrogen (secondary N) is 1. The zero-order valence-corrected chi connectivity index (χ0v) is 13.0. The zero-order chi connectivity index (χ0) is 14.7. The summed E-state index contributed by atoms with van der Waals surface area (Å²) >= 11 is 1.65. The fourth-order valence-electron chi connectivity index (χ4n) is 2.60. The summed E-state index contributed by atoms with van der Waals surface area (Å²) in [7, 11) is 0. The van der Waals surface area contributed by atoms with Crippen LogP contribution in [0.2, 0.25) is 0 Å². The van der Waals surface area contributed by atoms with Crippen LogP contribution < -0.4 is 5.32 Å². The quantitative estimate of drug-likeness (QED) is 0.886. The molecule has 0 aliphatic carbocycles. The molecule has 2 aromatic rings. The Hall–Kier alpha value is -1.01. The van der Waals surface area contributed by atoms with Crippen LogP contribution in [-0.4, -0.2) is 25.9 Å². The van der Waals surface area contributed by atoms with Gasteiger partial charge in [-0.1, -0.05) is 13.0 Å². The van der Waals surface area contributed by atoms with E-state index >= 15 is 0 Å². The number of hydrogen-bond donors (Lipinski definition) is 1. The first-order chi connectivity index (χ1) is 10.3. The molecular formula is C16H20FNO2S. The molecule has 0 radical (unpaired) electrons. The van der Waals surface area contributed by atoms with Crippen LogP contribution in [0.15, 0.2) is 18.2 Å². The van der Waals surface area contributed by atoms with Gasteiger partial charge in [-0.05, 0) is 25.1 Å². The van der Waals surface area contributed by atoms with Crippen molar-refractivity contribution in [3.8, 4) is 0 Å². The number of ether oxygens (including phenoxy) is 2. The molecule has 0 saturated carbocycles. The van der Waals surface area contributed by atoms with Crippen LogP contribution in [0.4, 0.5) is 4.39 Å². The third-order valence-electron chi connectivity index (χ3n) is 3.73. The Morgan fingerprint density at radius 2 is 2.38 bits per heavy atom. The lowest BCUT2D eigenvalue weighted by atomic mass is 10.1. The van der Waals surface area contributed by atoms with E-state index in [2.05, 4.69) is 12.2 Å². The Morgan fingerprint density at radius 3 is 3.14 bits per heavy atom. The predicted octanol–water partition coefficient (Wildman–Crippen LogP) is 3.46. The summed E-state index contributed by atoms with van der Waals surface area (Å²) in [4.78, 5) is 1.16. The molecular weight excluding hydrogens is 289 g/mol. The number of halogens is 1. The molecule has 1 aliphatic rings. The normalized spacial score (nSPS) is 18.7. The molecule has 1 aromatic carbocycles. The number of hydrogen-bond acceptors (Lipinski definition) is 4. The van der Waals surface area contributed by atoms with Crippen LogP contribution in [0.1, 0.15) is 23.8 Å². The third kappa shape index (κ3) is 3.26. The van der Waals surface area contributed by atoms with E-state index in [4.69, 9.17) is 9.47 Å². The third-order valence-corrected chi connectivity index (χ3v) is 4.93. The van der Waals surface area contributed by atoms with E-state index in [1.807, 2.05) is 6.07 Å². The van der Waals surface area contributed by atoms with Gasteiger partial charge in [-0.3, -0.25) is 0 Å². The van der Waals surface area contributed by atoms with E-state index in [0.717, 1.165) is 41.3 Å². The smallest absolute Gasteiger partial charge is 0.132 e. The highest BCUT2D eigenvalue weighted by molar-refractivity contribution is 7.19. The Labute approximate surface area is 128 Å². The van der Waals surface area contributed by atoms with Crippen molar-refractivity contribution in [3.05, 3.63) is 34.5 Å². The maximum atomic E-state index is 14.2. The second-order valence-corrected chi connectivity index (χ2v) is 6.33. The van der Waals surface area contributed by atoms with Crippen molar-refractivity contribution in [2.45, 2.75) is 32.6 Å². The summed E-state index contributed by atoms with van der Waals surface area (Å²) in [5.74, 6) is -0.159. The zero-order valence-electron chi connectivity index (χ0n) is 12.2. The summed E-state index contributed by atoms with van der Waals surface area (Å²) in [6.45, 7) is 5.58. The molecule has 3 nitrogen and oxygen atoms in total. The highest BCUT2D eigenvalue weighted by atomic mass is 32.1. The van der Waals surface area contributed by atoms with E-state index in [-0.39, 0.29) is 11.9 Å². The minimum absolute atomic E-state index is 0.138. The molecule has 0 spiro atoms. The van der Waals surface area contributed by atoms with Gasteiger partial charge in [0.1, 0.15) is 5.82 Å². The number of fused-ring (bicyclic) bond motifs is 1. The maximum absolute atomic E-state index is 14.2. The molecule has 0 bridgehead atoms. The molecule has 1 aromatic heterocycles. The average molecular weight is 309 g/mol. The van der Waals surface area contributed by atoms with Gasteiger partial charge < -0.3 is 14.8 Å². The van der Waals surface area contributed by atoms with Crippen LogP contribution >= 0.6 is 11.3 Å². The van der Waals surface area contributed by atoms with Crippen molar-refractivity contribution in [2.75, 3.05) is 19.8 Å². The highest BCUT2D eigenvalue weighted by Gasteiger charge is 2.20. The van der Waals surface area contributed by atoms with Crippen LogP contribution in [-0.2, 0) is 22.6 Å². The SMILES string of the molecule is CCNCc1sc2cccc(F)c2c1COC1CCOC1. The fraction of sp³-hybridized carbons (Fsp3) is 0.500. The summed E-state index contributed by atoms with van der Waals surface area (Å²) in [5, 5.41) is 4.04. The Balaban J connectivity index is 1.88. The molecule has 1 atom stereocenters. The van der Waals surface area contributed by atoms with Crippen molar-refractivity contribution in [1.82, 2.24) is 5.32 Å². The van der Waals surface area contributed by atoms with Crippen molar-refractivity contribution >= 4 is 21.4 Å². The van der Waals surface area contributed by atoms with Gasteiger partial charge in [0.25, 0.3) is 0 Å². The summed E-state index contributed by atoms with van der Waals surface area (Å²) in [5.41, 5.74) is 0.987. The van der Waals surface area contributed by atoms with E-state index in [1.165, 1.54) is 6.07 Å². The predicted molar refractivity (Wildman–Crippen MR) is 83.2 cm³/mol. The number of rotatable bonds is 6. The summed E-state index contributed by atoms with van der Waals surface area (Å²) in [6.07, 6.45) is 1.06. The van der Waals surface area contributed by atoms with Crippen LogP contribution in [0, 0.1) is 5.82 Å². The van der Waals surface area contributed by atoms with Gasteiger partial charge in [0, 0.05) is 33.7 Å².